The Labute approximate surface area is 157 Å². The molecule has 1 aliphatic heterocycles. The van der Waals surface area contributed by atoms with Crippen molar-refractivity contribution in [2.24, 2.45) is 0 Å². The lowest BCUT2D eigenvalue weighted by Crippen LogP contribution is -2.39. The van der Waals surface area contributed by atoms with Crippen LogP contribution in [0.2, 0.25) is 0 Å². The van der Waals surface area contributed by atoms with E-state index in [1.165, 1.54) is 32.5 Å². The molecule has 9 heteroatoms. The Kier molecular flexibility index (Phi) is 5.05. The average Bonchev–Trinajstić information content (AvgIpc) is 2.63. The van der Waals surface area contributed by atoms with E-state index in [0.717, 1.165) is 16.1 Å². The monoisotopic (exact) mass is 393 g/mol. The highest BCUT2D eigenvalue weighted by Crippen LogP contribution is 2.34. The number of nitrogens with zero attached hydrogens (tertiary/aromatic N) is 3. The van der Waals surface area contributed by atoms with Crippen LogP contribution in [0.3, 0.4) is 0 Å². The van der Waals surface area contributed by atoms with Crippen LogP contribution in [0.1, 0.15) is 21.5 Å². The Morgan fingerprint density at radius 1 is 1.30 bits per heavy atom. The van der Waals surface area contributed by atoms with Gasteiger partial charge in [-0.3, -0.25) is 9.10 Å². The molecule has 1 amide bonds. The van der Waals surface area contributed by atoms with Gasteiger partial charge in [-0.15, -0.1) is 0 Å². The molecule has 2 heterocycles. The van der Waals surface area contributed by atoms with E-state index in [1.54, 1.807) is 17.0 Å². The van der Waals surface area contributed by atoms with E-state index in [1.807, 2.05) is 0 Å². The summed E-state index contributed by atoms with van der Waals surface area (Å²) in [5.41, 5.74) is 1.66. The first-order valence-electron chi connectivity index (χ1n) is 8.26. The number of hydrogen-bond donors (Lipinski definition) is 0. The van der Waals surface area contributed by atoms with Crippen LogP contribution in [-0.4, -0.2) is 51.2 Å². The van der Waals surface area contributed by atoms with Crippen LogP contribution in [0.25, 0.3) is 0 Å². The molecule has 0 saturated heterocycles. The SMILES string of the molecule is COc1cnc(N(C)S(C)(=O)=O)c2c1C(=O)N(Cc1ccc(F)cc1)CC2. The second-order valence-electron chi connectivity index (χ2n) is 6.34. The van der Waals surface area contributed by atoms with Crippen molar-refractivity contribution < 1.29 is 22.3 Å². The number of carbonyl (C=O) groups excluding carboxylic acids is 1. The van der Waals surface area contributed by atoms with Crippen molar-refractivity contribution >= 4 is 21.7 Å². The molecule has 0 atom stereocenters. The van der Waals surface area contributed by atoms with Crippen molar-refractivity contribution in [2.45, 2.75) is 13.0 Å². The zero-order valence-corrected chi connectivity index (χ0v) is 16.1. The lowest BCUT2D eigenvalue weighted by Gasteiger charge is -2.31. The van der Waals surface area contributed by atoms with Crippen LogP contribution < -0.4 is 9.04 Å². The third-order valence-electron chi connectivity index (χ3n) is 4.56. The fourth-order valence-corrected chi connectivity index (χ4v) is 3.52. The van der Waals surface area contributed by atoms with E-state index in [-0.39, 0.29) is 17.5 Å². The number of halogens is 1. The summed E-state index contributed by atoms with van der Waals surface area (Å²) in [6.07, 6.45) is 2.87. The van der Waals surface area contributed by atoms with Gasteiger partial charge in [0.1, 0.15) is 17.4 Å². The molecule has 1 aliphatic rings. The van der Waals surface area contributed by atoms with Crippen molar-refractivity contribution in [2.75, 3.05) is 31.3 Å². The van der Waals surface area contributed by atoms with Gasteiger partial charge in [0.05, 0.1) is 25.1 Å². The first-order chi connectivity index (χ1) is 12.7. The van der Waals surface area contributed by atoms with E-state index < -0.39 is 10.0 Å². The van der Waals surface area contributed by atoms with Gasteiger partial charge in [-0.1, -0.05) is 12.1 Å². The number of amides is 1. The molecule has 1 aromatic carbocycles. The molecule has 0 bridgehead atoms. The summed E-state index contributed by atoms with van der Waals surface area (Å²) in [6.45, 7) is 0.712. The number of ether oxygens (including phenoxy) is 1. The number of aromatic nitrogens is 1. The summed E-state index contributed by atoms with van der Waals surface area (Å²) in [4.78, 5) is 18.9. The molecule has 0 saturated carbocycles. The molecular formula is C18H20FN3O4S. The minimum absolute atomic E-state index is 0.225. The molecule has 1 aromatic heterocycles. The molecule has 0 spiro atoms. The lowest BCUT2D eigenvalue weighted by atomic mass is 9.98. The average molecular weight is 393 g/mol. The third kappa shape index (κ3) is 3.73. The van der Waals surface area contributed by atoms with E-state index in [4.69, 9.17) is 4.74 Å². The molecule has 144 valence electrons. The molecule has 27 heavy (non-hydrogen) atoms. The van der Waals surface area contributed by atoms with Crippen LogP contribution >= 0.6 is 0 Å². The highest BCUT2D eigenvalue weighted by Gasteiger charge is 2.32. The van der Waals surface area contributed by atoms with Gasteiger partial charge in [0.15, 0.2) is 0 Å². The van der Waals surface area contributed by atoms with Crippen LogP contribution in [-0.2, 0) is 23.0 Å². The summed E-state index contributed by atoms with van der Waals surface area (Å²) in [6, 6.07) is 5.96. The minimum atomic E-state index is -3.52. The number of fused-ring (bicyclic) bond motifs is 1. The van der Waals surface area contributed by atoms with Gasteiger partial charge in [0.2, 0.25) is 10.0 Å². The summed E-state index contributed by atoms with van der Waals surface area (Å²) in [5, 5.41) is 0. The quantitative estimate of drug-likeness (QED) is 0.774. The summed E-state index contributed by atoms with van der Waals surface area (Å²) >= 11 is 0. The predicted molar refractivity (Wildman–Crippen MR) is 98.9 cm³/mol. The fraction of sp³-hybridized carbons (Fsp3) is 0.333. The molecule has 0 unspecified atom stereocenters. The third-order valence-corrected chi connectivity index (χ3v) is 5.73. The van der Waals surface area contributed by atoms with Gasteiger partial charge < -0.3 is 9.64 Å². The van der Waals surface area contributed by atoms with E-state index >= 15 is 0 Å². The molecular weight excluding hydrogens is 373 g/mol. The maximum Gasteiger partial charge on any atom is 0.258 e. The van der Waals surface area contributed by atoms with E-state index in [2.05, 4.69) is 4.98 Å². The zero-order chi connectivity index (χ0) is 19.8. The Morgan fingerprint density at radius 3 is 2.56 bits per heavy atom. The molecule has 2 aromatic rings. The standard InChI is InChI=1S/C18H20FN3O4S/c1-21(27(3,24)25)17-14-8-9-22(11-12-4-6-13(19)7-5-12)18(23)16(14)15(26-2)10-20-17/h4-7,10H,8-9,11H2,1-3H3. The smallest absolute Gasteiger partial charge is 0.258 e. The number of rotatable bonds is 5. The van der Waals surface area contributed by atoms with Crippen LogP contribution in [0.5, 0.6) is 5.75 Å². The molecule has 0 aliphatic carbocycles. The van der Waals surface area contributed by atoms with E-state index in [0.29, 0.717) is 36.4 Å². The van der Waals surface area contributed by atoms with Crippen molar-refractivity contribution in [3.05, 3.63) is 53.0 Å². The highest BCUT2D eigenvalue weighted by atomic mass is 32.2. The maximum atomic E-state index is 13.1. The molecule has 0 fully saturated rings. The van der Waals surface area contributed by atoms with Gasteiger partial charge in [-0.2, -0.15) is 0 Å². The van der Waals surface area contributed by atoms with Crippen LogP contribution in [0.15, 0.2) is 30.5 Å². The second-order valence-corrected chi connectivity index (χ2v) is 8.35. The van der Waals surface area contributed by atoms with Crippen LogP contribution in [0.4, 0.5) is 10.2 Å². The Balaban J connectivity index is 1.99. The summed E-state index contributed by atoms with van der Waals surface area (Å²) < 4.78 is 43.3. The van der Waals surface area contributed by atoms with Gasteiger partial charge in [0.25, 0.3) is 5.91 Å². The van der Waals surface area contributed by atoms with Crippen molar-refractivity contribution in [1.82, 2.24) is 9.88 Å². The molecule has 3 rings (SSSR count). The number of pyridine rings is 1. The highest BCUT2D eigenvalue weighted by molar-refractivity contribution is 7.92. The first kappa shape index (κ1) is 19.1. The van der Waals surface area contributed by atoms with Gasteiger partial charge >= 0.3 is 0 Å². The number of methoxy groups -OCH3 is 1. The predicted octanol–water partition coefficient (Wildman–Crippen LogP) is 1.82. The first-order valence-corrected chi connectivity index (χ1v) is 10.1. The molecule has 7 nitrogen and oxygen atoms in total. The summed E-state index contributed by atoms with van der Waals surface area (Å²) in [7, 11) is -0.686. The van der Waals surface area contributed by atoms with Gasteiger partial charge in [0, 0.05) is 25.7 Å². The van der Waals surface area contributed by atoms with Crippen LogP contribution in [0, 0.1) is 5.82 Å². The topological polar surface area (TPSA) is 79.8 Å². The Hall–Kier alpha value is -2.68. The normalized spacial score (nSPS) is 14.1. The lowest BCUT2D eigenvalue weighted by molar-refractivity contribution is 0.0723. The van der Waals surface area contributed by atoms with Gasteiger partial charge in [-0.25, -0.2) is 17.8 Å². The maximum absolute atomic E-state index is 13.1. The molecule has 0 radical (unpaired) electrons. The number of hydrogen-bond acceptors (Lipinski definition) is 5. The van der Waals surface area contributed by atoms with Crippen molar-refractivity contribution in [3.63, 3.8) is 0 Å². The van der Waals surface area contributed by atoms with Gasteiger partial charge in [-0.05, 0) is 24.1 Å². The largest absolute Gasteiger partial charge is 0.494 e. The number of carbonyl (C=O) groups is 1. The fourth-order valence-electron chi connectivity index (χ4n) is 3.04. The number of anilines is 1. The molecule has 0 N–H and O–H groups in total. The minimum Gasteiger partial charge on any atom is -0.494 e. The summed E-state index contributed by atoms with van der Waals surface area (Å²) in [5.74, 6) is -0.0919. The van der Waals surface area contributed by atoms with Crippen molar-refractivity contribution in [3.8, 4) is 5.75 Å². The zero-order valence-electron chi connectivity index (χ0n) is 15.3. The second kappa shape index (κ2) is 7.15. The Bertz CT molecular complexity index is 977. The number of sulfonamides is 1. The van der Waals surface area contributed by atoms with E-state index in [9.17, 15) is 17.6 Å². The van der Waals surface area contributed by atoms with Crippen molar-refractivity contribution in [1.29, 1.82) is 0 Å². The number of benzene rings is 1. The Morgan fingerprint density at radius 2 is 1.96 bits per heavy atom.